The van der Waals surface area contributed by atoms with Gasteiger partial charge in [-0.1, -0.05) is 20.8 Å². The summed E-state index contributed by atoms with van der Waals surface area (Å²) in [7, 11) is 0. The van der Waals surface area contributed by atoms with Crippen molar-refractivity contribution < 1.29 is 9.59 Å². The lowest BCUT2D eigenvalue weighted by molar-refractivity contribution is -0.143. The molecule has 1 atom stereocenters. The van der Waals surface area contributed by atoms with Gasteiger partial charge in [0.1, 0.15) is 12.4 Å². The minimum atomic E-state index is 0.0846. The normalized spacial score (nSPS) is 23.5. The number of amides is 2. The number of carbonyl (C=O) groups excluding carboxylic acids is 2. The van der Waals surface area contributed by atoms with Crippen molar-refractivity contribution in [1.29, 1.82) is 0 Å². The molecule has 150 valence electrons. The van der Waals surface area contributed by atoms with Crippen LogP contribution in [0, 0.1) is 11.3 Å². The van der Waals surface area contributed by atoms with Crippen molar-refractivity contribution in [2.45, 2.75) is 65.8 Å². The van der Waals surface area contributed by atoms with Crippen molar-refractivity contribution in [3.63, 3.8) is 0 Å². The van der Waals surface area contributed by atoms with E-state index in [-0.39, 0.29) is 17.2 Å². The molecule has 0 bridgehead atoms. The third kappa shape index (κ3) is 4.71. The number of nitrogens with zero attached hydrogens (tertiary/aromatic N) is 4. The summed E-state index contributed by atoms with van der Waals surface area (Å²) in [5.74, 6) is 2.02. The Morgan fingerprint density at radius 2 is 2.11 bits per heavy atom. The molecular formula is C21H34N4O2. The van der Waals surface area contributed by atoms with E-state index in [1.165, 1.54) is 0 Å². The first-order valence-electron chi connectivity index (χ1n) is 10.5. The Balaban J connectivity index is 1.64. The molecule has 0 aromatic carbocycles. The van der Waals surface area contributed by atoms with E-state index in [1.807, 2.05) is 15.7 Å². The second-order valence-corrected chi connectivity index (χ2v) is 8.74. The summed E-state index contributed by atoms with van der Waals surface area (Å²) in [6, 6.07) is 0. The SMILES string of the molecule is CCc1nccn1CC(=O)N1CCC[C@]2(CCC(=O)N(CCC(C)C)C2)C1. The molecule has 6 nitrogen and oxygen atoms in total. The number of aromatic nitrogens is 2. The number of rotatable bonds is 6. The van der Waals surface area contributed by atoms with Crippen LogP contribution in [0.2, 0.25) is 0 Å². The van der Waals surface area contributed by atoms with Crippen molar-refractivity contribution in [2.24, 2.45) is 11.3 Å². The summed E-state index contributed by atoms with van der Waals surface area (Å²) in [6.07, 6.45) is 9.23. The van der Waals surface area contributed by atoms with Crippen molar-refractivity contribution in [3.05, 3.63) is 18.2 Å². The number of imidazole rings is 1. The fourth-order valence-electron chi connectivity index (χ4n) is 4.52. The first kappa shape index (κ1) is 19.9. The van der Waals surface area contributed by atoms with Crippen LogP contribution in [0.3, 0.4) is 0 Å². The zero-order chi connectivity index (χ0) is 19.4. The van der Waals surface area contributed by atoms with E-state index in [0.717, 1.165) is 64.1 Å². The highest BCUT2D eigenvalue weighted by Crippen LogP contribution is 2.39. The molecule has 1 aromatic rings. The van der Waals surface area contributed by atoms with Crippen molar-refractivity contribution in [3.8, 4) is 0 Å². The maximum Gasteiger partial charge on any atom is 0.242 e. The number of hydrogen-bond donors (Lipinski definition) is 0. The van der Waals surface area contributed by atoms with Crippen LogP contribution in [-0.2, 0) is 22.6 Å². The largest absolute Gasteiger partial charge is 0.342 e. The fourth-order valence-corrected chi connectivity index (χ4v) is 4.52. The van der Waals surface area contributed by atoms with Crippen LogP contribution in [0.5, 0.6) is 0 Å². The molecule has 27 heavy (non-hydrogen) atoms. The van der Waals surface area contributed by atoms with Gasteiger partial charge < -0.3 is 14.4 Å². The molecule has 0 radical (unpaired) electrons. The van der Waals surface area contributed by atoms with Crippen LogP contribution in [0.25, 0.3) is 0 Å². The minimum absolute atomic E-state index is 0.0846. The van der Waals surface area contributed by atoms with E-state index < -0.39 is 0 Å². The van der Waals surface area contributed by atoms with Gasteiger partial charge in [0.25, 0.3) is 0 Å². The number of carbonyl (C=O) groups is 2. The molecule has 2 amide bonds. The van der Waals surface area contributed by atoms with Crippen molar-refractivity contribution in [1.82, 2.24) is 19.4 Å². The molecule has 0 unspecified atom stereocenters. The predicted molar refractivity (Wildman–Crippen MR) is 105 cm³/mol. The minimum Gasteiger partial charge on any atom is -0.342 e. The molecule has 2 aliphatic heterocycles. The summed E-state index contributed by atoms with van der Waals surface area (Å²) in [5, 5.41) is 0. The molecule has 0 N–H and O–H groups in total. The second kappa shape index (κ2) is 8.44. The Hall–Kier alpha value is -1.85. The van der Waals surface area contributed by atoms with E-state index >= 15 is 0 Å². The molecule has 3 heterocycles. The summed E-state index contributed by atoms with van der Waals surface area (Å²) >= 11 is 0. The summed E-state index contributed by atoms with van der Waals surface area (Å²) in [6.45, 7) is 10.1. The third-order valence-electron chi connectivity index (χ3n) is 6.16. The van der Waals surface area contributed by atoms with Gasteiger partial charge in [-0.15, -0.1) is 0 Å². The second-order valence-electron chi connectivity index (χ2n) is 8.74. The molecule has 0 aliphatic carbocycles. The van der Waals surface area contributed by atoms with Crippen molar-refractivity contribution in [2.75, 3.05) is 26.2 Å². The van der Waals surface area contributed by atoms with Gasteiger partial charge in [-0.3, -0.25) is 9.59 Å². The first-order valence-corrected chi connectivity index (χ1v) is 10.5. The number of hydrogen-bond acceptors (Lipinski definition) is 3. The summed E-state index contributed by atoms with van der Waals surface area (Å²) in [5.41, 5.74) is 0.0846. The molecule has 1 spiro atoms. The van der Waals surface area contributed by atoms with Gasteiger partial charge in [0.05, 0.1) is 0 Å². The topological polar surface area (TPSA) is 58.4 Å². The maximum absolute atomic E-state index is 12.9. The lowest BCUT2D eigenvalue weighted by Gasteiger charge is -2.48. The summed E-state index contributed by atoms with van der Waals surface area (Å²) < 4.78 is 1.96. The van der Waals surface area contributed by atoms with Crippen LogP contribution in [0.1, 0.15) is 58.7 Å². The zero-order valence-electron chi connectivity index (χ0n) is 17.1. The quantitative estimate of drug-likeness (QED) is 0.769. The number of piperidine rings is 2. The monoisotopic (exact) mass is 374 g/mol. The fraction of sp³-hybridized carbons (Fsp3) is 0.762. The van der Waals surface area contributed by atoms with E-state index in [9.17, 15) is 9.59 Å². The average Bonchev–Trinajstić information content (AvgIpc) is 3.10. The van der Waals surface area contributed by atoms with Gasteiger partial charge in [0.2, 0.25) is 11.8 Å². The molecule has 2 fully saturated rings. The number of aryl methyl sites for hydroxylation is 1. The molecule has 3 rings (SSSR count). The maximum atomic E-state index is 12.9. The average molecular weight is 375 g/mol. The highest BCUT2D eigenvalue weighted by molar-refractivity contribution is 5.78. The van der Waals surface area contributed by atoms with Crippen LogP contribution in [0.4, 0.5) is 0 Å². The summed E-state index contributed by atoms with van der Waals surface area (Å²) in [4.78, 5) is 33.7. The molecule has 6 heteroatoms. The van der Waals surface area contributed by atoms with E-state index in [1.54, 1.807) is 6.20 Å². The Morgan fingerprint density at radius 3 is 2.85 bits per heavy atom. The van der Waals surface area contributed by atoms with E-state index in [0.29, 0.717) is 18.9 Å². The van der Waals surface area contributed by atoms with Crippen LogP contribution in [-0.4, -0.2) is 57.3 Å². The predicted octanol–water partition coefficient (Wildman–Crippen LogP) is 2.72. The molecular weight excluding hydrogens is 340 g/mol. The molecule has 2 saturated heterocycles. The van der Waals surface area contributed by atoms with Crippen LogP contribution in [0.15, 0.2) is 12.4 Å². The lowest BCUT2D eigenvalue weighted by Crippen LogP contribution is -2.55. The Labute approximate surface area is 162 Å². The molecule has 0 saturated carbocycles. The molecule has 2 aliphatic rings. The first-order chi connectivity index (χ1) is 12.9. The van der Waals surface area contributed by atoms with E-state index in [4.69, 9.17) is 0 Å². The molecule has 1 aromatic heterocycles. The van der Waals surface area contributed by atoms with Gasteiger partial charge in [-0.25, -0.2) is 4.98 Å². The van der Waals surface area contributed by atoms with Crippen molar-refractivity contribution >= 4 is 11.8 Å². The standard InChI is InChI=1S/C21H34N4O2/c1-4-18-22-10-13-23(18)14-20(27)24-11-5-8-21(15-24)9-6-19(26)25(16-21)12-7-17(2)3/h10,13,17H,4-9,11-12,14-16H2,1-3H3/t21-/m0/s1. The highest BCUT2D eigenvalue weighted by Gasteiger charge is 2.42. The van der Waals surface area contributed by atoms with Gasteiger partial charge in [0.15, 0.2) is 0 Å². The van der Waals surface area contributed by atoms with Crippen LogP contribution < -0.4 is 0 Å². The smallest absolute Gasteiger partial charge is 0.242 e. The Kier molecular flexibility index (Phi) is 6.22. The lowest BCUT2D eigenvalue weighted by atomic mass is 9.73. The highest BCUT2D eigenvalue weighted by atomic mass is 16.2. The zero-order valence-corrected chi connectivity index (χ0v) is 17.1. The number of likely N-dealkylation sites (tertiary alicyclic amines) is 2. The van der Waals surface area contributed by atoms with Crippen LogP contribution >= 0.6 is 0 Å². The Bertz CT molecular complexity index is 669. The van der Waals surface area contributed by atoms with Gasteiger partial charge in [-0.2, -0.15) is 0 Å². The third-order valence-corrected chi connectivity index (χ3v) is 6.16. The van der Waals surface area contributed by atoms with Gasteiger partial charge in [-0.05, 0) is 31.6 Å². The van der Waals surface area contributed by atoms with E-state index in [2.05, 4.69) is 30.7 Å². The van der Waals surface area contributed by atoms with Gasteiger partial charge >= 0.3 is 0 Å². The Morgan fingerprint density at radius 1 is 1.30 bits per heavy atom. The van der Waals surface area contributed by atoms with Gasteiger partial charge in [0, 0.05) is 56.8 Å².